The third kappa shape index (κ3) is 21.6. The summed E-state index contributed by atoms with van der Waals surface area (Å²) in [6.07, 6.45) is 28.1. The van der Waals surface area contributed by atoms with Crippen LogP contribution in [0.15, 0.2) is 24.3 Å². The normalized spacial score (nSPS) is 12.6. The van der Waals surface area contributed by atoms with Gasteiger partial charge in [-0.15, -0.1) is 0 Å². The highest BCUT2D eigenvalue weighted by atomic mass is 16.6. The van der Waals surface area contributed by atoms with Crippen molar-refractivity contribution < 1.29 is 19.4 Å². The maximum atomic E-state index is 11.9. The smallest absolute Gasteiger partial charge is 0.345 e. The van der Waals surface area contributed by atoms with Crippen LogP contribution in [-0.4, -0.2) is 23.1 Å². The zero-order valence-electron chi connectivity index (χ0n) is 21.0. The van der Waals surface area contributed by atoms with Gasteiger partial charge in [0, 0.05) is 6.08 Å². The number of hydrogen-bond donors (Lipinski definition) is 1. The Balaban J connectivity index is 3.76. The Hall–Kier alpha value is -1.58. The van der Waals surface area contributed by atoms with Crippen LogP contribution >= 0.6 is 0 Å². The summed E-state index contributed by atoms with van der Waals surface area (Å²) in [6, 6.07) is 0. The zero-order chi connectivity index (χ0) is 23.7. The van der Waals surface area contributed by atoms with Gasteiger partial charge in [-0.1, -0.05) is 109 Å². The first-order valence-corrected chi connectivity index (χ1v) is 13.4. The molecular weight excluding hydrogens is 400 g/mol. The summed E-state index contributed by atoms with van der Waals surface area (Å²) < 4.78 is 5.15. The Morgan fingerprint density at radius 1 is 0.656 bits per heavy atom. The molecule has 0 fully saturated rings. The molecular formula is C28H50O4. The molecule has 0 aromatic rings. The van der Waals surface area contributed by atoms with Gasteiger partial charge in [0.05, 0.1) is 0 Å². The highest BCUT2D eigenvalue weighted by Gasteiger charge is 2.20. The largest absolute Gasteiger partial charge is 0.479 e. The third-order valence-electron chi connectivity index (χ3n) is 5.74. The lowest BCUT2D eigenvalue weighted by Crippen LogP contribution is -2.26. The summed E-state index contributed by atoms with van der Waals surface area (Å²) in [7, 11) is 0. The molecule has 4 nitrogen and oxygen atoms in total. The number of carbonyl (C=O) groups is 2. The van der Waals surface area contributed by atoms with Crippen LogP contribution in [0.2, 0.25) is 0 Å². The first-order chi connectivity index (χ1) is 15.6. The van der Waals surface area contributed by atoms with Gasteiger partial charge in [-0.3, -0.25) is 0 Å². The number of rotatable bonds is 23. The Bertz CT molecular complexity index is 496. The van der Waals surface area contributed by atoms with E-state index in [0.717, 1.165) is 51.4 Å². The second kappa shape index (κ2) is 24.1. The second-order valence-corrected chi connectivity index (χ2v) is 8.89. The monoisotopic (exact) mass is 450 g/mol. The minimum atomic E-state index is -1.05. The summed E-state index contributed by atoms with van der Waals surface area (Å²) in [5.41, 5.74) is 0. The van der Waals surface area contributed by atoms with Crippen molar-refractivity contribution in [1.29, 1.82) is 0 Å². The van der Waals surface area contributed by atoms with Crippen molar-refractivity contribution in [2.75, 3.05) is 0 Å². The van der Waals surface area contributed by atoms with Gasteiger partial charge in [-0.25, -0.2) is 9.59 Å². The van der Waals surface area contributed by atoms with E-state index < -0.39 is 18.0 Å². The van der Waals surface area contributed by atoms with Gasteiger partial charge < -0.3 is 9.84 Å². The second-order valence-electron chi connectivity index (χ2n) is 8.89. The number of carbonyl (C=O) groups excluding carboxylic acids is 1. The molecule has 0 radical (unpaired) electrons. The molecule has 0 amide bonds. The summed E-state index contributed by atoms with van der Waals surface area (Å²) in [5.74, 6) is -1.59. The number of ether oxygens (including phenoxy) is 1. The average Bonchev–Trinajstić information content (AvgIpc) is 2.77. The van der Waals surface area contributed by atoms with Crippen LogP contribution < -0.4 is 0 Å². The molecule has 186 valence electrons. The molecule has 0 aromatic heterocycles. The number of carboxylic acids is 1. The number of hydrogen-bond acceptors (Lipinski definition) is 3. The van der Waals surface area contributed by atoms with Crippen LogP contribution in [0.3, 0.4) is 0 Å². The molecule has 0 aliphatic heterocycles. The van der Waals surface area contributed by atoms with Crippen LogP contribution in [0.25, 0.3) is 0 Å². The zero-order valence-corrected chi connectivity index (χ0v) is 21.0. The highest BCUT2D eigenvalue weighted by Crippen LogP contribution is 2.12. The average molecular weight is 451 g/mol. The van der Waals surface area contributed by atoms with Crippen LogP contribution in [0.5, 0.6) is 0 Å². The number of aliphatic carboxylic acids is 1. The molecule has 1 atom stereocenters. The van der Waals surface area contributed by atoms with Gasteiger partial charge in [-0.2, -0.15) is 0 Å². The van der Waals surface area contributed by atoms with E-state index in [2.05, 4.69) is 26.0 Å². The summed E-state index contributed by atoms with van der Waals surface area (Å²) >= 11 is 0. The van der Waals surface area contributed by atoms with Crippen molar-refractivity contribution in [1.82, 2.24) is 0 Å². The van der Waals surface area contributed by atoms with Gasteiger partial charge in [0.15, 0.2) is 6.10 Å². The van der Waals surface area contributed by atoms with Gasteiger partial charge in [0.1, 0.15) is 0 Å². The van der Waals surface area contributed by atoms with Crippen molar-refractivity contribution >= 4 is 11.9 Å². The van der Waals surface area contributed by atoms with E-state index in [1.165, 1.54) is 70.3 Å². The summed E-state index contributed by atoms with van der Waals surface area (Å²) in [6.45, 7) is 4.44. The lowest BCUT2D eigenvalue weighted by Gasteiger charge is -2.12. The Morgan fingerprint density at radius 3 is 1.69 bits per heavy atom. The summed E-state index contributed by atoms with van der Waals surface area (Å²) in [5, 5.41) is 9.32. The molecule has 1 N–H and O–H groups in total. The quantitative estimate of drug-likeness (QED) is 0.0733. The Labute approximate surface area is 197 Å². The van der Waals surface area contributed by atoms with Gasteiger partial charge in [-0.05, 0) is 44.9 Å². The van der Waals surface area contributed by atoms with E-state index in [-0.39, 0.29) is 0 Å². The van der Waals surface area contributed by atoms with Crippen molar-refractivity contribution in [3.63, 3.8) is 0 Å². The molecule has 32 heavy (non-hydrogen) atoms. The van der Waals surface area contributed by atoms with Crippen molar-refractivity contribution in [2.45, 2.75) is 142 Å². The van der Waals surface area contributed by atoms with E-state index in [4.69, 9.17) is 4.74 Å². The molecule has 0 heterocycles. The van der Waals surface area contributed by atoms with Crippen LogP contribution in [0, 0.1) is 0 Å². The minimum absolute atomic E-state index is 0.388. The standard InChI is InChI=1S/C28H50O4/c1-3-5-7-9-11-13-15-17-19-21-23-25-27(29)32-26(28(30)31)24-22-20-18-16-14-12-10-8-6-4-2/h10,12,23,25-26H,3-9,11,13-22,24H2,1-2H3,(H,30,31). The first-order valence-electron chi connectivity index (χ1n) is 13.4. The molecule has 0 aliphatic carbocycles. The number of unbranched alkanes of at least 4 members (excludes halogenated alkanes) is 15. The molecule has 0 rings (SSSR count). The Kier molecular flexibility index (Phi) is 22.9. The van der Waals surface area contributed by atoms with Crippen molar-refractivity contribution in [3.05, 3.63) is 24.3 Å². The van der Waals surface area contributed by atoms with Crippen LogP contribution in [0.1, 0.15) is 136 Å². The van der Waals surface area contributed by atoms with E-state index in [1.54, 1.807) is 0 Å². The number of esters is 1. The van der Waals surface area contributed by atoms with E-state index >= 15 is 0 Å². The number of carboxylic acid groups (broad SMARTS) is 1. The van der Waals surface area contributed by atoms with Gasteiger partial charge in [0.2, 0.25) is 0 Å². The highest BCUT2D eigenvalue weighted by molar-refractivity contribution is 5.85. The van der Waals surface area contributed by atoms with Crippen molar-refractivity contribution in [3.8, 4) is 0 Å². The van der Waals surface area contributed by atoms with E-state index in [0.29, 0.717) is 6.42 Å². The van der Waals surface area contributed by atoms with Gasteiger partial charge >= 0.3 is 11.9 Å². The van der Waals surface area contributed by atoms with Crippen molar-refractivity contribution in [2.24, 2.45) is 0 Å². The van der Waals surface area contributed by atoms with Crippen LogP contribution in [-0.2, 0) is 14.3 Å². The maximum Gasteiger partial charge on any atom is 0.345 e. The first kappa shape index (κ1) is 30.4. The molecule has 0 saturated carbocycles. The molecule has 0 bridgehead atoms. The molecule has 4 heteroatoms. The fraction of sp³-hybridized carbons (Fsp3) is 0.786. The SMILES string of the molecule is CCCCC=CCCCCCCC(OC(=O)C=CCCCCCCCCCCC)C(=O)O. The Morgan fingerprint density at radius 2 is 1.12 bits per heavy atom. The molecule has 0 spiro atoms. The fourth-order valence-electron chi connectivity index (χ4n) is 3.67. The molecule has 1 unspecified atom stereocenters. The fourth-order valence-corrected chi connectivity index (χ4v) is 3.67. The molecule has 0 saturated heterocycles. The van der Waals surface area contributed by atoms with E-state index in [9.17, 15) is 14.7 Å². The number of allylic oxidation sites excluding steroid dienone is 3. The van der Waals surface area contributed by atoms with Crippen LogP contribution in [0.4, 0.5) is 0 Å². The lowest BCUT2D eigenvalue weighted by atomic mass is 10.1. The predicted molar refractivity (Wildman–Crippen MR) is 135 cm³/mol. The molecule has 0 aliphatic rings. The molecule has 0 aromatic carbocycles. The van der Waals surface area contributed by atoms with E-state index in [1.807, 2.05) is 6.08 Å². The third-order valence-corrected chi connectivity index (χ3v) is 5.74. The summed E-state index contributed by atoms with van der Waals surface area (Å²) in [4.78, 5) is 23.3. The maximum absolute atomic E-state index is 11.9. The minimum Gasteiger partial charge on any atom is -0.479 e. The predicted octanol–water partition coefficient (Wildman–Crippen LogP) is 8.55. The van der Waals surface area contributed by atoms with Gasteiger partial charge in [0.25, 0.3) is 0 Å². The lowest BCUT2D eigenvalue weighted by molar-refractivity contribution is -0.161. The topological polar surface area (TPSA) is 63.6 Å².